The van der Waals surface area contributed by atoms with Gasteiger partial charge in [-0.1, -0.05) is 0 Å². The maximum atomic E-state index is 11.9. The van der Waals surface area contributed by atoms with Crippen LogP contribution in [0.2, 0.25) is 0 Å². The Morgan fingerprint density at radius 1 is 1.30 bits per heavy atom. The Morgan fingerprint density at radius 3 is 1.90 bits per heavy atom. The van der Waals surface area contributed by atoms with Gasteiger partial charge in [-0.05, 0) is 0 Å². The van der Waals surface area contributed by atoms with Crippen LogP contribution < -0.4 is 51.4 Å². The third kappa shape index (κ3) is 6.90. The number of hydrogen-bond acceptors (Lipinski definition) is 0. The van der Waals surface area contributed by atoms with Gasteiger partial charge in [0.1, 0.15) is 0 Å². The first kappa shape index (κ1) is 13.4. The molecule has 2 heteroatoms. The smallest absolute Gasteiger partial charge is 0.346 e. The van der Waals surface area contributed by atoms with E-state index in [4.69, 9.17) is 0 Å². The zero-order valence-electron chi connectivity index (χ0n) is 6.39. The van der Waals surface area contributed by atoms with Gasteiger partial charge in [-0.15, -0.1) is 12.1 Å². The minimum Gasteiger partial charge on any atom is -0.346 e. The van der Waals surface area contributed by atoms with Crippen LogP contribution in [-0.2, 0) is 0 Å². The number of halogens is 1. The largest absolute Gasteiger partial charge is 1.00 e. The van der Waals surface area contributed by atoms with E-state index in [2.05, 4.69) is 13.0 Å². The molecule has 0 aromatic heterocycles. The molecule has 0 fully saturated rings. The van der Waals surface area contributed by atoms with Crippen LogP contribution in [0.5, 0.6) is 0 Å². The van der Waals surface area contributed by atoms with Gasteiger partial charge >= 0.3 is 51.4 Å². The van der Waals surface area contributed by atoms with Gasteiger partial charge in [0.2, 0.25) is 0 Å². The van der Waals surface area contributed by atoms with Gasteiger partial charge in [-0.3, -0.25) is 0 Å². The van der Waals surface area contributed by atoms with Gasteiger partial charge in [-0.25, -0.2) is 4.39 Å². The van der Waals surface area contributed by atoms with Gasteiger partial charge in [0, 0.05) is 5.82 Å². The number of benzene rings is 1. The topological polar surface area (TPSA) is 0 Å². The van der Waals surface area contributed by atoms with Gasteiger partial charge in [0.25, 0.3) is 0 Å². The van der Waals surface area contributed by atoms with Crippen molar-refractivity contribution in [3.05, 3.63) is 43.1 Å². The van der Waals surface area contributed by atoms with Crippen molar-refractivity contribution in [2.75, 3.05) is 0 Å². The van der Waals surface area contributed by atoms with E-state index < -0.39 is 0 Å². The first-order valence-corrected chi connectivity index (χ1v) is 2.72. The summed E-state index contributed by atoms with van der Waals surface area (Å²) in [6.07, 6.45) is 0. The summed E-state index contributed by atoms with van der Waals surface area (Å²) in [6, 6.07) is 8.49. The Balaban J connectivity index is 0. The van der Waals surface area contributed by atoms with Crippen molar-refractivity contribution in [2.24, 2.45) is 0 Å². The molecule has 0 radical (unpaired) electrons. The van der Waals surface area contributed by atoms with Crippen molar-refractivity contribution in [1.29, 1.82) is 0 Å². The van der Waals surface area contributed by atoms with E-state index in [9.17, 15) is 4.39 Å². The third-order valence-electron chi connectivity index (χ3n) is 0.678. The van der Waals surface area contributed by atoms with E-state index in [0.29, 0.717) is 0 Å². The molecule has 0 saturated carbocycles. The average Bonchev–Trinajstić information content (AvgIpc) is 1.94. The van der Waals surface area contributed by atoms with Gasteiger partial charge < -0.3 is 6.92 Å². The van der Waals surface area contributed by atoms with Gasteiger partial charge in [0.15, 0.2) is 0 Å². The molecule has 0 aliphatic heterocycles. The molecule has 0 saturated heterocycles. The van der Waals surface area contributed by atoms with Crippen LogP contribution in [0, 0.1) is 18.8 Å². The van der Waals surface area contributed by atoms with Crippen LogP contribution >= 0.6 is 0 Å². The van der Waals surface area contributed by atoms with E-state index in [-0.39, 0.29) is 57.2 Å². The van der Waals surface area contributed by atoms with E-state index in [0.717, 1.165) is 0 Å². The van der Waals surface area contributed by atoms with Crippen molar-refractivity contribution < 1.29 is 55.8 Å². The van der Waals surface area contributed by atoms with Crippen LogP contribution in [-0.4, -0.2) is 0 Å². The second-order valence-electron chi connectivity index (χ2n) is 1.22. The van der Waals surface area contributed by atoms with Crippen molar-refractivity contribution >= 4 is 0 Å². The molecule has 50 valence electrons. The summed E-state index contributed by atoms with van der Waals surface area (Å²) in [5, 5.41) is 0. The molecule has 1 rings (SSSR count). The summed E-state index contributed by atoms with van der Waals surface area (Å²) in [6.45, 7) is 5.00. The Morgan fingerprint density at radius 2 is 1.70 bits per heavy atom. The normalized spacial score (nSPS) is 6.70. The van der Waals surface area contributed by atoms with Crippen LogP contribution in [0.3, 0.4) is 0 Å². The molecule has 0 aliphatic carbocycles. The van der Waals surface area contributed by atoms with Gasteiger partial charge in [-0.2, -0.15) is 25.1 Å². The van der Waals surface area contributed by atoms with Crippen molar-refractivity contribution in [3.63, 3.8) is 0 Å². The Hall–Kier alpha value is 0.786. The van der Waals surface area contributed by atoms with Crippen LogP contribution in [0.4, 0.5) is 4.39 Å². The molecule has 0 nitrogen and oxygen atoms in total. The molecule has 1 aromatic rings. The second-order valence-corrected chi connectivity index (χ2v) is 1.22. The van der Waals surface area contributed by atoms with E-state index in [1.807, 2.05) is 0 Å². The predicted molar refractivity (Wildman–Crippen MR) is 36.3 cm³/mol. The molecule has 1 aromatic carbocycles. The molecule has 0 atom stereocenters. The quantitative estimate of drug-likeness (QED) is 0.356. The first-order chi connectivity index (χ1) is 4.39. The Kier molecular flexibility index (Phi) is 13.1. The Bertz CT molecular complexity index is 139. The molecule has 0 aliphatic rings. The molecule has 0 spiro atoms. The molecule has 0 bridgehead atoms. The first-order valence-electron chi connectivity index (χ1n) is 2.72. The summed E-state index contributed by atoms with van der Waals surface area (Å²) >= 11 is 0. The minimum absolute atomic E-state index is 0. The maximum absolute atomic E-state index is 11.9. The summed E-state index contributed by atoms with van der Waals surface area (Å²) < 4.78 is 11.9. The molecule has 0 amide bonds. The summed E-state index contributed by atoms with van der Waals surface area (Å²) in [4.78, 5) is 0. The predicted octanol–water partition coefficient (Wildman–Crippen LogP) is -0.530. The number of rotatable bonds is 0. The van der Waals surface area contributed by atoms with E-state index in [1.165, 1.54) is 24.3 Å². The third-order valence-corrected chi connectivity index (χ3v) is 0.678. The zero-order valence-corrected chi connectivity index (χ0v) is 9.52. The fourth-order valence-corrected chi connectivity index (χ4v) is 0.367. The van der Waals surface area contributed by atoms with Gasteiger partial charge in [0.05, 0.1) is 0 Å². The summed E-state index contributed by atoms with van der Waals surface area (Å²) in [7, 11) is 0. The fourth-order valence-electron chi connectivity index (χ4n) is 0.367. The molecule has 0 heterocycles. The Labute approximate surface area is 104 Å². The van der Waals surface area contributed by atoms with Crippen molar-refractivity contribution in [2.45, 2.75) is 6.92 Å². The van der Waals surface area contributed by atoms with Crippen LogP contribution in [0.25, 0.3) is 0 Å². The molecule has 0 N–H and O–H groups in total. The van der Waals surface area contributed by atoms with Crippen LogP contribution in [0.15, 0.2) is 24.3 Å². The van der Waals surface area contributed by atoms with Crippen molar-refractivity contribution in [3.8, 4) is 0 Å². The zero-order chi connectivity index (χ0) is 7.11. The van der Waals surface area contributed by atoms with Crippen molar-refractivity contribution in [1.82, 2.24) is 0 Å². The monoisotopic (exact) mass is 163 g/mol. The minimum atomic E-state index is -0.209. The van der Waals surface area contributed by atoms with Crippen LogP contribution in [0.1, 0.15) is 6.92 Å². The molecule has 10 heavy (non-hydrogen) atoms. The summed E-state index contributed by atoms with van der Waals surface area (Å²) in [5.41, 5.74) is 0. The fraction of sp³-hybridized carbons (Fsp3) is 0.125. The average molecular weight is 163 g/mol. The summed E-state index contributed by atoms with van der Waals surface area (Å²) in [5.74, 6) is -0.209. The molecular formula is C8H9FK-. The second kappa shape index (κ2) is 9.79. The molecular weight excluding hydrogens is 154 g/mol. The SMILES string of the molecule is Fc1cc[c-]cc1.[CH2-]C.[K+]. The standard InChI is InChI=1S/C6H4F.C2H5.K/c7-6-4-2-1-3-5-6;1-2;/h2-5H;1H2,2H3;/q2*-1;+1. The number of hydrogen-bond donors (Lipinski definition) is 0. The maximum Gasteiger partial charge on any atom is 1.00 e. The van der Waals surface area contributed by atoms with E-state index in [1.54, 1.807) is 6.92 Å². The molecule has 0 unspecified atom stereocenters. The van der Waals surface area contributed by atoms with E-state index >= 15 is 0 Å².